The Balaban J connectivity index is 1.35. The summed E-state index contributed by atoms with van der Waals surface area (Å²) in [6.45, 7) is 3.91. The Morgan fingerprint density at radius 1 is 1.17 bits per heavy atom. The number of nitrogens with one attached hydrogen (secondary N) is 2. The van der Waals surface area contributed by atoms with Crippen LogP contribution in [0.25, 0.3) is 11.1 Å². The van der Waals surface area contributed by atoms with Crippen LogP contribution in [0.2, 0.25) is 0 Å². The second-order valence-electron chi connectivity index (χ2n) is 8.50. The summed E-state index contributed by atoms with van der Waals surface area (Å²) in [6.07, 6.45) is 8.04. The van der Waals surface area contributed by atoms with Gasteiger partial charge in [0, 0.05) is 48.1 Å². The molecular weight excluding hydrogens is 374 g/mol. The lowest BCUT2D eigenvalue weighted by molar-refractivity contribution is 0.0951. The van der Waals surface area contributed by atoms with Crippen molar-refractivity contribution in [1.82, 2.24) is 20.5 Å². The van der Waals surface area contributed by atoms with Crippen molar-refractivity contribution in [2.45, 2.75) is 44.6 Å². The quantitative estimate of drug-likeness (QED) is 0.676. The van der Waals surface area contributed by atoms with Gasteiger partial charge in [-0.25, -0.2) is 4.98 Å². The van der Waals surface area contributed by atoms with Crippen molar-refractivity contribution in [2.75, 3.05) is 18.0 Å². The highest BCUT2D eigenvalue weighted by Gasteiger charge is 2.27. The van der Waals surface area contributed by atoms with Crippen LogP contribution in [-0.4, -0.2) is 40.2 Å². The van der Waals surface area contributed by atoms with Crippen LogP contribution in [0, 0.1) is 6.92 Å². The first-order valence-corrected chi connectivity index (χ1v) is 10.8. The molecule has 0 spiro atoms. The topological polar surface area (TPSA) is 73.9 Å². The summed E-state index contributed by atoms with van der Waals surface area (Å²) in [5, 5.41) is 10.7. The Kier molecular flexibility index (Phi) is 4.99. The van der Waals surface area contributed by atoms with Crippen molar-refractivity contribution < 1.29 is 4.79 Å². The average molecular weight is 402 g/mol. The average Bonchev–Trinajstić information content (AvgIpc) is 3.46. The van der Waals surface area contributed by atoms with E-state index in [1.165, 1.54) is 22.4 Å². The largest absolute Gasteiger partial charge is 0.356 e. The van der Waals surface area contributed by atoms with Crippen LogP contribution in [0.5, 0.6) is 0 Å². The molecule has 1 amide bonds. The fraction of sp³-hybridized carbons (Fsp3) is 0.375. The molecule has 2 aliphatic rings. The highest BCUT2D eigenvalue weighted by molar-refractivity contribution is 5.95. The van der Waals surface area contributed by atoms with Gasteiger partial charge in [-0.3, -0.25) is 9.89 Å². The fourth-order valence-corrected chi connectivity index (χ4v) is 4.22. The summed E-state index contributed by atoms with van der Waals surface area (Å²) in [5.41, 5.74) is 5.50. The van der Waals surface area contributed by atoms with E-state index in [0.29, 0.717) is 17.5 Å². The number of carbonyl (C=O) groups is 1. The predicted octanol–water partition coefficient (Wildman–Crippen LogP) is 4.06. The number of aromatic amines is 1. The number of amides is 1. The first kappa shape index (κ1) is 18.9. The number of piperidine rings is 1. The first-order chi connectivity index (χ1) is 14.7. The summed E-state index contributed by atoms with van der Waals surface area (Å²) in [6, 6.07) is 12.7. The maximum absolute atomic E-state index is 12.4. The minimum atomic E-state index is 0.00457. The molecule has 1 saturated carbocycles. The lowest BCUT2D eigenvalue weighted by Crippen LogP contribution is -2.35. The number of rotatable bonds is 5. The van der Waals surface area contributed by atoms with Crippen LogP contribution < -0.4 is 10.2 Å². The second-order valence-corrected chi connectivity index (χ2v) is 8.50. The smallest absolute Gasteiger partial charge is 0.251 e. The van der Waals surface area contributed by atoms with Gasteiger partial charge in [0.1, 0.15) is 5.82 Å². The van der Waals surface area contributed by atoms with Crippen molar-refractivity contribution in [3.05, 3.63) is 65.6 Å². The molecule has 1 aromatic carbocycles. The monoisotopic (exact) mass is 401 g/mol. The second kappa shape index (κ2) is 7.94. The molecule has 6 nitrogen and oxygen atoms in total. The van der Waals surface area contributed by atoms with E-state index in [9.17, 15) is 4.79 Å². The molecule has 0 radical (unpaired) electrons. The van der Waals surface area contributed by atoms with Crippen LogP contribution in [0.1, 0.15) is 53.2 Å². The molecule has 0 unspecified atom stereocenters. The zero-order valence-corrected chi connectivity index (χ0v) is 17.3. The van der Waals surface area contributed by atoms with Crippen LogP contribution in [0.3, 0.4) is 0 Å². The molecule has 30 heavy (non-hydrogen) atoms. The fourth-order valence-electron chi connectivity index (χ4n) is 4.22. The Hall–Kier alpha value is -3.15. The van der Waals surface area contributed by atoms with E-state index in [1.54, 1.807) is 12.3 Å². The van der Waals surface area contributed by atoms with E-state index in [4.69, 9.17) is 0 Å². The van der Waals surface area contributed by atoms with Gasteiger partial charge in [-0.05, 0) is 50.3 Å². The van der Waals surface area contributed by atoms with Gasteiger partial charge in [0.15, 0.2) is 0 Å². The highest BCUT2D eigenvalue weighted by Crippen LogP contribution is 2.34. The van der Waals surface area contributed by atoms with Gasteiger partial charge in [0.05, 0.1) is 6.20 Å². The van der Waals surface area contributed by atoms with Gasteiger partial charge in [0.25, 0.3) is 5.91 Å². The van der Waals surface area contributed by atoms with Crippen LogP contribution in [-0.2, 0) is 0 Å². The summed E-state index contributed by atoms with van der Waals surface area (Å²) in [7, 11) is 0. The molecule has 3 heterocycles. The summed E-state index contributed by atoms with van der Waals surface area (Å²) in [5.74, 6) is 1.23. The molecule has 2 aromatic heterocycles. The lowest BCUT2D eigenvalue weighted by atomic mass is 9.90. The number of anilines is 1. The maximum Gasteiger partial charge on any atom is 0.251 e. The van der Waals surface area contributed by atoms with Crippen molar-refractivity contribution in [3.8, 4) is 11.1 Å². The summed E-state index contributed by atoms with van der Waals surface area (Å²) in [4.78, 5) is 19.3. The number of benzene rings is 1. The highest BCUT2D eigenvalue weighted by atomic mass is 16.1. The molecule has 6 heteroatoms. The van der Waals surface area contributed by atoms with Gasteiger partial charge < -0.3 is 10.2 Å². The minimum Gasteiger partial charge on any atom is -0.356 e. The Morgan fingerprint density at radius 3 is 2.80 bits per heavy atom. The van der Waals surface area contributed by atoms with E-state index in [1.807, 2.05) is 12.3 Å². The standard InChI is InChI=1S/C24H27N5O/c1-16-4-6-17(7-5-16)21-14-26-28-23(21)19-3-2-12-29(15-19)22-13-18(10-11-25-22)24(30)27-20-8-9-20/h4-7,10-11,13-14,19-20H,2-3,8-9,12,15H2,1H3,(H,26,28)(H,27,30)/t19-/m0/s1. The molecule has 5 rings (SSSR count). The third-order valence-electron chi connectivity index (χ3n) is 6.11. The summed E-state index contributed by atoms with van der Waals surface area (Å²) >= 11 is 0. The van der Waals surface area contributed by atoms with Crippen LogP contribution >= 0.6 is 0 Å². The number of H-pyrrole nitrogens is 1. The number of hydrogen-bond donors (Lipinski definition) is 2. The molecule has 2 N–H and O–H groups in total. The molecule has 2 fully saturated rings. The normalized spacial score (nSPS) is 19.0. The van der Waals surface area contributed by atoms with Crippen molar-refractivity contribution >= 4 is 11.7 Å². The number of nitrogens with zero attached hydrogens (tertiary/aromatic N) is 3. The Bertz CT molecular complexity index is 1040. The molecule has 1 aliphatic carbocycles. The number of aromatic nitrogens is 3. The van der Waals surface area contributed by atoms with Gasteiger partial charge in [-0.15, -0.1) is 0 Å². The number of carbonyl (C=O) groups excluding carboxylic acids is 1. The van der Waals surface area contributed by atoms with Gasteiger partial charge in [0.2, 0.25) is 0 Å². The van der Waals surface area contributed by atoms with E-state index >= 15 is 0 Å². The lowest BCUT2D eigenvalue weighted by Gasteiger charge is -2.33. The molecule has 0 bridgehead atoms. The van der Waals surface area contributed by atoms with Crippen LogP contribution in [0.15, 0.2) is 48.8 Å². The zero-order valence-electron chi connectivity index (χ0n) is 17.3. The SMILES string of the molecule is Cc1ccc(-c2cn[nH]c2[C@H]2CCCN(c3cc(C(=O)NC4CC4)ccn3)C2)cc1. The molecular formula is C24H27N5O. The summed E-state index contributed by atoms with van der Waals surface area (Å²) < 4.78 is 0. The Labute approximate surface area is 176 Å². The number of aryl methyl sites for hydroxylation is 1. The molecule has 1 atom stereocenters. The van der Waals surface area contributed by atoms with Crippen molar-refractivity contribution in [2.24, 2.45) is 0 Å². The van der Waals surface area contributed by atoms with E-state index < -0.39 is 0 Å². The zero-order chi connectivity index (χ0) is 20.5. The van der Waals surface area contributed by atoms with E-state index in [2.05, 4.69) is 56.6 Å². The molecule has 154 valence electrons. The van der Waals surface area contributed by atoms with Gasteiger partial charge in [-0.2, -0.15) is 5.10 Å². The van der Waals surface area contributed by atoms with E-state index in [-0.39, 0.29) is 5.91 Å². The van der Waals surface area contributed by atoms with Crippen molar-refractivity contribution in [1.29, 1.82) is 0 Å². The third-order valence-corrected chi connectivity index (χ3v) is 6.11. The van der Waals surface area contributed by atoms with Crippen molar-refractivity contribution in [3.63, 3.8) is 0 Å². The Morgan fingerprint density at radius 2 is 2.00 bits per heavy atom. The number of pyridine rings is 1. The van der Waals surface area contributed by atoms with E-state index in [0.717, 1.165) is 44.6 Å². The third kappa shape index (κ3) is 3.95. The molecule has 3 aromatic rings. The first-order valence-electron chi connectivity index (χ1n) is 10.8. The van der Waals surface area contributed by atoms with Crippen LogP contribution in [0.4, 0.5) is 5.82 Å². The molecule has 1 aliphatic heterocycles. The van der Waals surface area contributed by atoms with Gasteiger partial charge in [-0.1, -0.05) is 29.8 Å². The maximum atomic E-state index is 12.4. The van der Waals surface area contributed by atoms with Gasteiger partial charge >= 0.3 is 0 Å². The molecule has 1 saturated heterocycles. The predicted molar refractivity (Wildman–Crippen MR) is 118 cm³/mol. The minimum absolute atomic E-state index is 0.00457. The number of hydrogen-bond acceptors (Lipinski definition) is 4.